The number of carbonyl (C=O) groups excluding carboxylic acids is 2. The van der Waals surface area contributed by atoms with E-state index in [9.17, 15) is 9.59 Å². The summed E-state index contributed by atoms with van der Waals surface area (Å²) in [5.41, 5.74) is 4.15. The molecular formula is C24H25N4O4P. The molecule has 170 valence electrons. The van der Waals surface area contributed by atoms with Gasteiger partial charge in [-0.25, -0.2) is 4.98 Å². The largest absolute Gasteiger partial charge is 0.496 e. The number of aromatic nitrogens is 3. The Balaban J connectivity index is 1.83. The van der Waals surface area contributed by atoms with Crippen molar-refractivity contribution in [3.05, 3.63) is 65.5 Å². The van der Waals surface area contributed by atoms with Gasteiger partial charge in [0.25, 0.3) is 0 Å². The Kier molecular flexibility index (Phi) is 6.65. The topological polar surface area (TPSA) is 95.7 Å². The number of ether oxygens (including phenoxy) is 2. The quantitative estimate of drug-likeness (QED) is 0.394. The first-order valence-electron chi connectivity index (χ1n) is 10.6. The average molecular weight is 464 g/mol. The number of aliphatic imine (C=N–C) groups is 1. The number of aryl methyl sites for hydroxylation is 1. The van der Waals surface area contributed by atoms with Gasteiger partial charge in [-0.1, -0.05) is 6.07 Å². The Labute approximate surface area is 194 Å². The molecule has 2 atom stereocenters. The molecule has 4 rings (SSSR count). The molecule has 0 radical (unpaired) electrons. The molecular weight excluding hydrogens is 439 g/mol. The van der Waals surface area contributed by atoms with Gasteiger partial charge in [-0.2, -0.15) is 0 Å². The van der Waals surface area contributed by atoms with Crippen molar-refractivity contribution in [2.45, 2.75) is 32.7 Å². The Hall–Kier alpha value is -3.38. The van der Waals surface area contributed by atoms with Crippen molar-refractivity contribution in [2.75, 3.05) is 13.7 Å². The van der Waals surface area contributed by atoms with Crippen LogP contribution in [0.3, 0.4) is 0 Å². The van der Waals surface area contributed by atoms with Crippen LogP contribution < -0.4 is 10.0 Å². The first kappa shape index (κ1) is 22.8. The highest BCUT2D eigenvalue weighted by Gasteiger charge is 2.29. The van der Waals surface area contributed by atoms with Crippen LogP contribution in [-0.2, 0) is 14.3 Å². The van der Waals surface area contributed by atoms with Crippen molar-refractivity contribution in [3.63, 3.8) is 0 Å². The summed E-state index contributed by atoms with van der Waals surface area (Å²) in [4.78, 5) is 37.6. The van der Waals surface area contributed by atoms with E-state index in [-0.39, 0.29) is 18.8 Å². The number of hydrogen-bond acceptors (Lipinski definition) is 7. The van der Waals surface area contributed by atoms with E-state index in [4.69, 9.17) is 14.5 Å². The van der Waals surface area contributed by atoms with Crippen molar-refractivity contribution in [3.8, 4) is 11.4 Å². The monoisotopic (exact) mass is 464 g/mol. The van der Waals surface area contributed by atoms with Gasteiger partial charge < -0.3 is 9.47 Å². The normalized spacial score (nSPS) is 14.5. The molecule has 2 aromatic heterocycles. The van der Waals surface area contributed by atoms with Crippen LogP contribution in [0.25, 0.3) is 5.69 Å². The molecule has 3 aromatic rings. The fourth-order valence-electron chi connectivity index (χ4n) is 3.83. The molecule has 33 heavy (non-hydrogen) atoms. The molecule has 9 heteroatoms. The van der Waals surface area contributed by atoms with Crippen LogP contribution in [0.5, 0.6) is 5.75 Å². The van der Waals surface area contributed by atoms with Crippen molar-refractivity contribution in [2.24, 2.45) is 4.99 Å². The molecule has 8 nitrogen and oxygen atoms in total. The summed E-state index contributed by atoms with van der Waals surface area (Å²) in [6.45, 7) is 3.14. The van der Waals surface area contributed by atoms with E-state index in [2.05, 4.69) is 19.2 Å². The lowest BCUT2D eigenvalue weighted by molar-refractivity contribution is -0.147. The van der Waals surface area contributed by atoms with Gasteiger partial charge in [-0.15, -0.1) is 9.24 Å². The molecule has 0 fully saturated rings. The van der Waals surface area contributed by atoms with Gasteiger partial charge in [-0.3, -0.25) is 24.1 Å². The molecule has 0 aliphatic carbocycles. The second-order valence-corrected chi connectivity index (χ2v) is 8.44. The molecule has 1 aliphatic rings. The Morgan fingerprint density at radius 3 is 2.73 bits per heavy atom. The van der Waals surface area contributed by atoms with Crippen LogP contribution in [0.4, 0.5) is 0 Å². The van der Waals surface area contributed by atoms with E-state index in [1.165, 1.54) is 6.92 Å². The van der Waals surface area contributed by atoms with Gasteiger partial charge in [0.05, 0.1) is 24.2 Å². The summed E-state index contributed by atoms with van der Waals surface area (Å²) in [5.74, 6) is 0.810. The van der Waals surface area contributed by atoms with E-state index in [1.54, 1.807) is 19.5 Å². The summed E-state index contributed by atoms with van der Waals surface area (Å²) in [6.07, 6.45) is 4.01. The maximum atomic E-state index is 12.2. The lowest BCUT2D eigenvalue weighted by Gasteiger charge is -2.16. The second kappa shape index (κ2) is 9.63. The van der Waals surface area contributed by atoms with Gasteiger partial charge in [0, 0.05) is 41.4 Å². The van der Waals surface area contributed by atoms with Crippen LogP contribution in [0.15, 0.2) is 47.7 Å². The molecule has 0 bridgehead atoms. The number of Topliss-reactive ketones (excluding diaryl/α,β-unsaturated/α-hetero) is 1. The van der Waals surface area contributed by atoms with Gasteiger partial charge in [0.15, 0.2) is 5.78 Å². The predicted octanol–water partition coefficient (Wildman–Crippen LogP) is 2.89. The molecule has 3 heterocycles. The maximum Gasteiger partial charge on any atom is 0.306 e. The number of benzene rings is 1. The first-order chi connectivity index (χ1) is 15.9. The Morgan fingerprint density at radius 1 is 1.21 bits per heavy atom. The first-order valence-corrected chi connectivity index (χ1v) is 11.1. The maximum absolute atomic E-state index is 12.2. The lowest BCUT2D eigenvalue weighted by Crippen LogP contribution is -2.13. The van der Waals surface area contributed by atoms with Crippen LogP contribution in [-0.4, -0.2) is 45.7 Å². The smallest absolute Gasteiger partial charge is 0.306 e. The standard InChI is InChI=1S/C24H25N4O4P/c1-14-12-26-24-18(7-8-22(30)32-13-15(2)29)27-23(17-6-4-5-9-25-17)16-10-21(33)20(31-3)11-19(16)28(14)24/h4-6,9-12,18H,7-8,13,33H2,1-3H3/t18-/m0/s1. The van der Waals surface area contributed by atoms with Gasteiger partial charge in [0.1, 0.15) is 24.2 Å². The Morgan fingerprint density at radius 2 is 2.03 bits per heavy atom. The fraction of sp³-hybridized carbons (Fsp3) is 0.292. The highest BCUT2D eigenvalue weighted by molar-refractivity contribution is 7.27. The number of imidazole rings is 1. The van der Waals surface area contributed by atoms with E-state index in [0.29, 0.717) is 12.1 Å². The van der Waals surface area contributed by atoms with Crippen LogP contribution >= 0.6 is 9.24 Å². The minimum atomic E-state index is -0.440. The molecule has 0 N–H and O–H groups in total. The van der Waals surface area contributed by atoms with Crippen LogP contribution in [0.1, 0.15) is 48.6 Å². The summed E-state index contributed by atoms with van der Waals surface area (Å²) < 4.78 is 12.7. The van der Waals surface area contributed by atoms with Crippen LogP contribution in [0.2, 0.25) is 0 Å². The zero-order valence-corrected chi connectivity index (χ0v) is 19.9. The average Bonchev–Trinajstić information content (AvgIpc) is 3.13. The van der Waals surface area contributed by atoms with E-state index in [0.717, 1.165) is 39.5 Å². The number of methoxy groups -OCH3 is 1. The zero-order valence-electron chi connectivity index (χ0n) is 18.7. The number of carbonyl (C=O) groups is 2. The summed E-state index contributed by atoms with van der Waals surface area (Å²) in [6, 6.07) is 9.25. The molecule has 0 spiro atoms. The van der Waals surface area contributed by atoms with Crippen molar-refractivity contribution < 1.29 is 19.1 Å². The molecule has 0 saturated carbocycles. The summed E-state index contributed by atoms with van der Waals surface area (Å²) in [7, 11) is 4.34. The minimum Gasteiger partial charge on any atom is -0.496 e. The molecule has 1 unspecified atom stereocenters. The third-order valence-electron chi connectivity index (χ3n) is 5.36. The predicted molar refractivity (Wildman–Crippen MR) is 128 cm³/mol. The van der Waals surface area contributed by atoms with Crippen molar-refractivity contribution in [1.29, 1.82) is 0 Å². The second-order valence-electron chi connectivity index (χ2n) is 7.81. The van der Waals surface area contributed by atoms with E-state index < -0.39 is 12.0 Å². The summed E-state index contributed by atoms with van der Waals surface area (Å²) >= 11 is 0. The fourth-order valence-corrected chi connectivity index (χ4v) is 4.20. The zero-order chi connectivity index (χ0) is 23.5. The molecule has 1 aromatic carbocycles. The molecule has 0 amide bonds. The highest BCUT2D eigenvalue weighted by atomic mass is 31.0. The Bertz CT molecular complexity index is 1240. The minimum absolute atomic E-state index is 0.109. The molecule has 0 saturated heterocycles. The van der Waals surface area contributed by atoms with Gasteiger partial charge in [-0.05, 0) is 38.5 Å². The number of esters is 1. The molecule has 1 aliphatic heterocycles. The third kappa shape index (κ3) is 4.71. The number of ketones is 1. The van der Waals surface area contributed by atoms with Crippen molar-refractivity contribution in [1.82, 2.24) is 14.5 Å². The number of hydrogen-bond donors (Lipinski definition) is 0. The summed E-state index contributed by atoms with van der Waals surface area (Å²) in [5, 5.41) is 0.894. The van der Waals surface area contributed by atoms with E-state index in [1.807, 2.05) is 41.8 Å². The third-order valence-corrected chi connectivity index (χ3v) is 5.81. The number of pyridine rings is 1. The number of fused-ring (bicyclic) bond motifs is 3. The van der Waals surface area contributed by atoms with Gasteiger partial charge in [0.2, 0.25) is 0 Å². The lowest BCUT2D eigenvalue weighted by atomic mass is 10.0. The number of rotatable bonds is 7. The SMILES string of the molecule is COc1cc2c(cc1P)C(c1ccccn1)=N[C@@H](CCC(=O)OCC(C)=O)c1ncc(C)n1-2. The van der Waals surface area contributed by atoms with Crippen molar-refractivity contribution >= 4 is 32.0 Å². The highest BCUT2D eigenvalue weighted by Crippen LogP contribution is 2.35. The van der Waals surface area contributed by atoms with E-state index >= 15 is 0 Å². The number of nitrogens with zero attached hydrogens (tertiary/aromatic N) is 4. The van der Waals surface area contributed by atoms with Gasteiger partial charge >= 0.3 is 5.97 Å². The van der Waals surface area contributed by atoms with Crippen LogP contribution in [0, 0.1) is 6.92 Å².